The largest absolute Gasteiger partial charge is 0.449 e. The molecule has 2 atom stereocenters. The molecule has 10 heteroatoms. The summed E-state index contributed by atoms with van der Waals surface area (Å²) in [6.45, 7) is 4.45. The lowest BCUT2D eigenvalue weighted by Crippen LogP contribution is -2.35. The second-order valence-electron chi connectivity index (χ2n) is 11.4. The third kappa shape index (κ3) is 5.78. The van der Waals surface area contributed by atoms with Gasteiger partial charge in [-0.15, -0.1) is 0 Å². The van der Waals surface area contributed by atoms with E-state index in [-0.39, 0.29) is 30.5 Å². The summed E-state index contributed by atoms with van der Waals surface area (Å²) in [6.07, 6.45) is 4.76. The molecule has 0 radical (unpaired) electrons. The Morgan fingerprint density at radius 2 is 1.84 bits per heavy atom. The third-order valence-corrected chi connectivity index (χ3v) is 8.11. The highest BCUT2D eigenvalue weighted by molar-refractivity contribution is 5.89. The van der Waals surface area contributed by atoms with Gasteiger partial charge in [-0.25, -0.2) is 4.79 Å². The number of aromatic amines is 1. The number of nitrogens with one attached hydrogen (secondary N) is 3. The van der Waals surface area contributed by atoms with E-state index in [1.54, 1.807) is 35.1 Å². The Hall–Kier alpha value is -5.38. The Kier molecular flexibility index (Phi) is 7.65. The molecule has 3 aromatic carbocycles. The van der Waals surface area contributed by atoms with Gasteiger partial charge in [0.05, 0.1) is 12.8 Å². The first-order valence-electron chi connectivity index (χ1n) is 14.5. The number of anilines is 2. The van der Waals surface area contributed by atoms with Crippen LogP contribution in [0.3, 0.4) is 0 Å². The number of hydrogen-bond acceptors (Lipinski definition) is 6. The SMILES string of the molecule is Cc1cc2ccc1[C@@H](C)COC(=O)Nc1ccc(-c3cnn(C)c3)c(c1)CN(C)C(=O)[C@@H]2Nc1ccc2cc[nH]c(=O)c2c1. The van der Waals surface area contributed by atoms with Gasteiger partial charge in [0.1, 0.15) is 6.04 Å². The number of aromatic nitrogens is 3. The molecule has 2 amide bonds. The number of carbonyl (C=O) groups is 2. The van der Waals surface area contributed by atoms with Gasteiger partial charge in [0.25, 0.3) is 5.56 Å². The van der Waals surface area contributed by atoms with E-state index in [4.69, 9.17) is 4.74 Å². The van der Waals surface area contributed by atoms with E-state index in [1.807, 2.05) is 81.7 Å². The maximum absolute atomic E-state index is 14.3. The summed E-state index contributed by atoms with van der Waals surface area (Å²) in [5.41, 5.74) is 6.42. The summed E-state index contributed by atoms with van der Waals surface area (Å²) in [4.78, 5) is 44.0. The molecular weight excluding hydrogens is 556 g/mol. The Balaban J connectivity index is 1.43. The normalized spacial score (nSPS) is 17.4. The molecule has 0 saturated heterocycles. The molecule has 224 valence electrons. The molecule has 2 aliphatic rings. The maximum Gasteiger partial charge on any atom is 0.411 e. The second-order valence-corrected chi connectivity index (χ2v) is 11.4. The molecule has 4 heterocycles. The predicted molar refractivity (Wildman–Crippen MR) is 171 cm³/mol. The summed E-state index contributed by atoms with van der Waals surface area (Å²) in [6, 6.07) is 18.1. The van der Waals surface area contributed by atoms with Crippen molar-refractivity contribution in [2.24, 2.45) is 7.05 Å². The van der Waals surface area contributed by atoms with Crippen molar-refractivity contribution >= 4 is 34.1 Å². The number of pyridine rings is 1. The molecule has 5 aromatic rings. The number of hydrogen-bond donors (Lipinski definition) is 3. The zero-order chi connectivity index (χ0) is 31.0. The number of nitrogens with zero attached hydrogens (tertiary/aromatic N) is 3. The average Bonchev–Trinajstić information content (AvgIpc) is 3.44. The minimum Gasteiger partial charge on any atom is -0.449 e. The van der Waals surface area contributed by atoms with Crippen molar-refractivity contribution in [1.29, 1.82) is 0 Å². The summed E-state index contributed by atoms with van der Waals surface area (Å²) in [7, 11) is 3.61. The molecule has 0 saturated carbocycles. The number of benzene rings is 3. The van der Waals surface area contributed by atoms with Crippen molar-refractivity contribution in [3.05, 3.63) is 112 Å². The zero-order valence-electron chi connectivity index (χ0n) is 25.0. The molecule has 2 aromatic heterocycles. The number of H-pyrrole nitrogens is 1. The first-order chi connectivity index (χ1) is 21.2. The molecule has 0 fully saturated rings. The van der Waals surface area contributed by atoms with E-state index in [9.17, 15) is 14.4 Å². The molecule has 10 nitrogen and oxygen atoms in total. The Morgan fingerprint density at radius 1 is 1.00 bits per heavy atom. The van der Waals surface area contributed by atoms with E-state index in [2.05, 4.69) is 20.7 Å². The van der Waals surface area contributed by atoms with Crippen LogP contribution in [0.2, 0.25) is 0 Å². The fourth-order valence-electron chi connectivity index (χ4n) is 5.80. The molecule has 2 aliphatic heterocycles. The number of rotatable bonds is 3. The number of fused-ring (bicyclic) bond motifs is 10. The summed E-state index contributed by atoms with van der Waals surface area (Å²) in [5.74, 6) is -0.225. The number of carbonyl (C=O) groups excluding carboxylic acids is 2. The summed E-state index contributed by atoms with van der Waals surface area (Å²) in [5, 5.41) is 11.9. The van der Waals surface area contributed by atoms with Crippen molar-refractivity contribution in [1.82, 2.24) is 19.7 Å². The van der Waals surface area contributed by atoms with Crippen LogP contribution in [0, 0.1) is 6.92 Å². The summed E-state index contributed by atoms with van der Waals surface area (Å²) >= 11 is 0. The first-order valence-corrected chi connectivity index (χ1v) is 14.5. The Morgan fingerprint density at radius 3 is 2.61 bits per heavy atom. The molecule has 0 unspecified atom stereocenters. The van der Waals surface area contributed by atoms with Crippen LogP contribution in [0.15, 0.2) is 84.0 Å². The van der Waals surface area contributed by atoms with Crippen LogP contribution in [0.25, 0.3) is 21.9 Å². The van der Waals surface area contributed by atoms with Gasteiger partial charge in [-0.2, -0.15) is 5.10 Å². The number of ether oxygens (including phenoxy) is 1. The highest BCUT2D eigenvalue weighted by Gasteiger charge is 2.27. The van der Waals surface area contributed by atoms with Gasteiger partial charge in [-0.3, -0.25) is 19.6 Å². The van der Waals surface area contributed by atoms with Crippen LogP contribution < -0.4 is 16.2 Å². The van der Waals surface area contributed by atoms with Crippen LogP contribution in [0.4, 0.5) is 16.2 Å². The van der Waals surface area contributed by atoms with Gasteiger partial charge in [0, 0.05) is 61.3 Å². The van der Waals surface area contributed by atoms with Gasteiger partial charge in [0.2, 0.25) is 5.91 Å². The quantitative estimate of drug-likeness (QED) is 0.247. The fraction of sp³-hybridized carbons (Fsp3) is 0.235. The van der Waals surface area contributed by atoms with Crippen LogP contribution in [0.5, 0.6) is 0 Å². The zero-order valence-corrected chi connectivity index (χ0v) is 25.0. The monoisotopic (exact) mass is 590 g/mol. The van der Waals surface area contributed by atoms with E-state index in [0.29, 0.717) is 16.8 Å². The van der Waals surface area contributed by atoms with Gasteiger partial charge >= 0.3 is 6.09 Å². The summed E-state index contributed by atoms with van der Waals surface area (Å²) < 4.78 is 7.31. The lowest BCUT2D eigenvalue weighted by atomic mass is 9.92. The molecule has 3 N–H and O–H groups in total. The van der Waals surface area contributed by atoms with E-state index in [0.717, 1.165) is 38.8 Å². The Labute approximate surface area is 254 Å². The Bertz CT molecular complexity index is 1940. The highest BCUT2D eigenvalue weighted by Crippen LogP contribution is 2.31. The van der Waals surface area contributed by atoms with Crippen molar-refractivity contribution in [3.63, 3.8) is 0 Å². The minimum absolute atomic E-state index is 0.0665. The third-order valence-electron chi connectivity index (χ3n) is 8.11. The number of likely N-dealkylation sites (N-methyl/N-ethyl adjacent to an activating group) is 1. The topological polar surface area (TPSA) is 121 Å². The lowest BCUT2D eigenvalue weighted by molar-refractivity contribution is -0.131. The van der Waals surface area contributed by atoms with E-state index >= 15 is 0 Å². The smallest absolute Gasteiger partial charge is 0.411 e. The molecule has 4 bridgehead atoms. The van der Waals surface area contributed by atoms with Gasteiger partial charge < -0.3 is 19.9 Å². The molecule has 44 heavy (non-hydrogen) atoms. The average molecular weight is 591 g/mol. The van der Waals surface area contributed by atoms with Gasteiger partial charge in [-0.1, -0.05) is 37.3 Å². The highest BCUT2D eigenvalue weighted by atomic mass is 16.5. The second kappa shape index (κ2) is 11.7. The van der Waals surface area contributed by atoms with Crippen molar-refractivity contribution in [3.8, 4) is 11.1 Å². The van der Waals surface area contributed by atoms with Crippen molar-refractivity contribution < 1.29 is 14.3 Å². The van der Waals surface area contributed by atoms with Crippen LogP contribution in [-0.2, 0) is 23.1 Å². The minimum atomic E-state index is -0.739. The first kappa shape index (κ1) is 28.7. The standard InChI is InChI=1S/C34H34N6O4/c1-20-13-23-6-9-28(20)21(2)19-44-34(43)38-26-8-10-29(25-16-36-40(4)18-25)24(14-26)17-39(3)33(42)31(23)37-27-7-5-22-11-12-35-32(41)30(22)15-27/h5-16,18,21,31,37H,17,19H2,1-4H3,(H,35,41)(H,38,43)/t21-,31+/m0/s1. The van der Waals surface area contributed by atoms with Gasteiger partial charge in [-0.05, 0) is 70.5 Å². The fourth-order valence-corrected chi connectivity index (χ4v) is 5.80. The lowest BCUT2D eigenvalue weighted by Gasteiger charge is -2.28. The molecular formula is C34H34N6O4. The molecule has 0 aliphatic carbocycles. The number of aryl methyl sites for hydroxylation is 2. The van der Waals surface area contributed by atoms with Crippen LogP contribution >= 0.6 is 0 Å². The molecule has 7 rings (SSSR count). The van der Waals surface area contributed by atoms with Crippen molar-refractivity contribution in [2.45, 2.75) is 32.4 Å². The molecule has 0 spiro atoms. The maximum atomic E-state index is 14.3. The van der Waals surface area contributed by atoms with Crippen LogP contribution in [0.1, 0.15) is 41.1 Å². The van der Waals surface area contributed by atoms with Crippen LogP contribution in [-0.4, -0.2) is 45.3 Å². The van der Waals surface area contributed by atoms with Gasteiger partial charge in [0.15, 0.2) is 0 Å². The number of amides is 2. The van der Waals surface area contributed by atoms with E-state index < -0.39 is 12.1 Å². The van der Waals surface area contributed by atoms with E-state index in [1.165, 1.54) is 0 Å². The predicted octanol–water partition coefficient (Wildman–Crippen LogP) is 5.71. The van der Waals surface area contributed by atoms with Crippen molar-refractivity contribution in [2.75, 3.05) is 24.3 Å².